The first kappa shape index (κ1) is 16.3. The maximum absolute atomic E-state index is 11.6. The predicted octanol–water partition coefficient (Wildman–Crippen LogP) is 2.83. The molecule has 0 saturated heterocycles. The van der Waals surface area contributed by atoms with Crippen molar-refractivity contribution in [1.29, 1.82) is 0 Å². The fraction of sp³-hybridized carbons (Fsp3) is 0.125. The van der Waals surface area contributed by atoms with Gasteiger partial charge in [0, 0.05) is 3.57 Å². The molecule has 0 spiro atoms. The average Bonchev–Trinajstić information content (AvgIpc) is 2.53. The van der Waals surface area contributed by atoms with Crippen LogP contribution in [0.4, 0.5) is 0 Å². The summed E-state index contributed by atoms with van der Waals surface area (Å²) in [5.41, 5.74) is 3.34. The molecule has 22 heavy (non-hydrogen) atoms. The first-order valence-electron chi connectivity index (χ1n) is 6.52. The van der Waals surface area contributed by atoms with E-state index < -0.39 is 0 Å². The Morgan fingerprint density at radius 3 is 2.64 bits per heavy atom. The number of amides is 1. The third kappa shape index (κ3) is 5.36. The molecule has 0 saturated carbocycles. The summed E-state index contributed by atoms with van der Waals surface area (Å²) < 4.78 is 11.5. The highest BCUT2D eigenvalue weighted by molar-refractivity contribution is 14.1. The third-order valence-electron chi connectivity index (χ3n) is 2.68. The number of hydrogen-bond donors (Lipinski definition) is 1. The van der Waals surface area contributed by atoms with Crippen molar-refractivity contribution in [3.8, 4) is 11.5 Å². The van der Waals surface area contributed by atoms with Crippen molar-refractivity contribution >= 4 is 34.7 Å². The Labute approximate surface area is 142 Å². The molecule has 0 fully saturated rings. The van der Waals surface area contributed by atoms with E-state index in [0.29, 0.717) is 5.75 Å². The van der Waals surface area contributed by atoms with Crippen LogP contribution in [-0.4, -0.2) is 25.8 Å². The Morgan fingerprint density at radius 2 is 1.95 bits per heavy atom. The van der Waals surface area contributed by atoms with E-state index in [2.05, 4.69) is 33.1 Å². The molecule has 0 heterocycles. The zero-order valence-electron chi connectivity index (χ0n) is 12.0. The second-order valence-electron chi connectivity index (χ2n) is 4.31. The maximum atomic E-state index is 11.6. The molecular weight excluding hydrogens is 395 g/mol. The van der Waals surface area contributed by atoms with Gasteiger partial charge in [-0.3, -0.25) is 4.79 Å². The van der Waals surface area contributed by atoms with Gasteiger partial charge in [-0.1, -0.05) is 12.1 Å². The summed E-state index contributed by atoms with van der Waals surface area (Å²) >= 11 is 2.22. The number of carbonyl (C=O) groups excluding carboxylic acids is 1. The molecule has 1 N–H and O–H groups in total. The number of hydrogen-bond acceptors (Lipinski definition) is 4. The molecule has 0 aliphatic carbocycles. The zero-order chi connectivity index (χ0) is 15.8. The highest BCUT2D eigenvalue weighted by Crippen LogP contribution is 2.16. The molecular formula is C16H15IN2O3. The number of carbonyl (C=O) groups is 1. The van der Waals surface area contributed by atoms with Gasteiger partial charge in [-0.25, -0.2) is 5.43 Å². The van der Waals surface area contributed by atoms with Gasteiger partial charge in [-0.15, -0.1) is 0 Å². The van der Waals surface area contributed by atoms with Gasteiger partial charge in [0.15, 0.2) is 6.61 Å². The lowest BCUT2D eigenvalue weighted by atomic mass is 10.2. The molecule has 0 aliphatic rings. The van der Waals surface area contributed by atoms with E-state index in [9.17, 15) is 4.79 Å². The molecule has 0 aromatic heterocycles. The lowest BCUT2D eigenvalue weighted by molar-refractivity contribution is -0.123. The Bertz CT molecular complexity index is 657. The summed E-state index contributed by atoms with van der Waals surface area (Å²) in [4.78, 5) is 11.6. The van der Waals surface area contributed by atoms with Crippen LogP contribution < -0.4 is 14.9 Å². The Hall–Kier alpha value is -2.09. The number of nitrogens with zero attached hydrogens (tertiary/aromatic N) is 1. The Balaban J connectivity index is 1.77. The summed E-state index contributed by atoms with van der Waals surface area (Å²) in [7, 11) is 1.59. The minimum absolute atomic E-state index is 0.101. The van der Waals surface area contributed by atoms with E-state index in [1.165, 1.54) is 0 Å². The summed E-state index contributed by atoms with van der Waals surface area (Å²) in [5.74, 6) is 1.01. The van der Waals surface area contributed by atoms with Crippen LogP contribution in [0.2, 0.25) is 0 Å². The summed E-state index contributed by atoms with van der Waals surface area (Å²) in [6.45, 7) is -0.101. The monoisotopic (exact) mass is 410 g/mol. The zero-order valence-corrected chi connectivity index (χ0v) is 14.1. The second kappa shape index (κ2) is 8.38. The van der Waals surface area contributed by atoms with Crippen LogP contribution in [0.15, 0.2) is 53.6 Å². The fourth-order valence-electron chi connectivity index (χ4n) is 1.62. The summed E-state index contributed by atoms with van der Waals surface area (Å²) in [6, 6.07) is 14.8. The minimum atomic E-state index is -0.322. The lowest BCUT2D eigenvalue weighted by Crippen LogP contribution is -2.24. The van der Waals surface area contributed by atoms with Gasteiger partial charge >= 0.3 is 0 Å². The molecule has 0 unspecified atom stereocenters. The van der Waals surface area contributed by atoms with E-state index in [1.807, 2.05) is 24.3 Å². The Kier molecular flexibility index (Phi) is 6.20. The SMILES string of the molecule is COc1ccc(OCC(=O)N/N=C\c2cccc(I)c2)cc1. The van der Waals surface area contributed by atoms with Crippen LogP contribution in [0.25, 0.3) is 0 Å². The molecule has 6 heteroatoms. The molecule has 2 rings (SSSR count). The molecule has 5 nitrogen and oxygen atoms in total. The summed E-state index contributed by atoms with van der Waals surface area (Å²) in [5, 5.41) is 3.89. The van der Waals surface area contributed by atoms with Gasteiger partial charge in [0.25, 0.3) is 5.91 Å². The van der Waals surface area contributed by atoms with Crippen molar-refractivity contribution in [2.45, 2.75) is 0 Å². The number of nitrogens with one attached hydrogen (secondary N) is 1. The van der Waals surface area contributed by atoms with Gasteiger partial charge < -0.3 is 9.47 Å². The minimum Gasteiger partial charge on any atom is -0.497 e. The highest BCUT2D eigenvalue weighted by atomic mass is 127. The van der Waals surface area contributed by atoms with Gasteiger partial charge in [0.05, 0.1) is 13.3 Å². The number of benzene rings is 2. The van der Waals surface area contributed by atoms with Crippen LogP contribution in [0.5, 0.6) is 11.5 Å². The van der Waals surface area contributed by atoms with Crippen molar-refractivity contribution in [2.24, 2.45) is 5.10 Å². The molecule has 0 bridgehead atoms. The van der Waals surface area contributed by atoms with Crippen LogP contribution in [-0.2, 0) is 4.79 Å². The maximum Gasteiger partial charge on any atom is 0.277 e. The molecule has 114 valence electrons. The number of ether oxygens (including phenoxy) is 2. The topological polar surface area (TPSA) is 59.9 Å². The smallest absolute Gasteiger partial charge is 0.277 e. The van der Waals surface area contributed by atoms with E-state index in [-0.39, 0.29) is 12.5 Å². The van der Waals surface area contributed by atoms with E-state index in [0.717, 1.165) is 14.9 Å². The van der Waals surface area contributed by atoms with Gasteiger partial charge in [0.1, 0.15) is 11.5 Å². The van der Waals surface area contributed by atoms with Crippen molar-refractivity contribution in [3.05, 3.63) is 57.7 Å². The standard InChI is InChI=1S/C16H15IN2O3/c1-21-14-5-7-15(8-6-14)22-11-16(20)19-18-10-12-3-2-4-13(17)9-12/h2-10H,11H2,1H3,(H,19,20)/b18-10-. The van der Waals surface area contributed by atoms with Crippen LogP contribution >= 0.6 is 22.6 Å². The number of methoxy groups -OCH3 is 1. The van der Waals surface area contributed by atoms with Crippen molar-refractivity contribution in [3.63, 3.8) is 0 Å². The Morgan fingerprint density at radius 1 is 1.23 bits per heavy atom. The average molecular weight is 410 g/mol. The first-order valence-corrected chi connectivity index (χ1v) is 7.59. The molecule has 0 radical (unpaired) electrons. The first-order chi connectivity index (χ1) is 10.7. The molecule has 0 atom stereocenters. The molecule has 1 amide bonds. The highest BCUT2D eigenvalue weighted by Gasteiger charge is 2.01. The second-order valence-corrected chi connectivity index (χ2v) is 5.56. The molecule has 2 aromatic rings. The van der Waals surface area contributed by atoms with Crippen molar-refractivity contribution < 1.29 is 14.3 Å². The normalized spacial score (nSPS) is 10.5. The van der Waals surface area contributed by atoms with Crippen LogP contribution in [0, 0.1) is 3.57 Å². The lowest BCUT2D eigenvalue weighted by Gasteiger charge is -2.05. The largest absolute Gasteiger partial charge is 0.497 e. The van der Waals surface area contributed by atoms with Crippen LogP contribution in [0.3, 0.4) is 0 Å². The number of halogens is 1. The van der Waals surface area contributed by atoms with Gasteiger partial charge in [-0.2, -0.15) is 5.10 Å². The third-order valence-corrected chi connectivity index (χ3v) is 3.35. The molecule has 0 aliphatic heterocycles. The number of rotatable bonds is 6. The summed E-state index contributed by atoms with van der Waals surface area (Å²) in [6.07, 6.45) is 1.59. The number of hydrazone groups is 1. The van der Waals surface area contributed by atoms with Gasteiger partial charge in [0.2, 0.25) is 0 Å². The van der Waals surface area contributed by atoms with E-state index in [1.54, 1.807) is 37.6 Å². The predicted molar refractivity (Wildman–Crippen MR) is 93.4 cm³/mol. The fourth-order valence-corrected chi connectivity index (χ4v) is 2.19. The quantitative estimate of drug-likeness (QED) is 0.453. The van der Waals surface area contributed by atoms with Crippen molar-refractivity contribution in [2.75, 3.05) is 13.7 Å². The van der Waals surface area contributed by atoms with Crippen molar-refractivity contribution in [1.82, 2.24) is 5.43 Å². The van der Waals surface area contributed by atoms with E-state index in [4.69, 9.17) is 9.47 Å². The van der Waals surface area contributed by atoms with E-state index >= 15 is 0 Å². The van der Waals surface area contributed by atoms with Crippen LogP contribution in [0.1, 0.15) is 5.56 Å². The molecule has 2 aromatic carbocycles. The van der Waals surface area contributed by atoms with Gasteiger partial charge in [-0.05, 0) is 64.6 Å².